The highest BCUT2D eigenvalue weighted by atomic mass is 16.4. The molecule has 2 rings (SSSR count). The summed E-state index contributed by atoms with van der Waals surface area (Å²) in [5.41, 5.74) is 0.625. The Morgan fingerprint density at radius 2 is 1.71 bits per heavy atom. The molecule has 0 saturated carbocycles. The monoisotopic (exact) mass is 228 g/mol. The van der Waals surface area contributed by atoms with E-state index in [1.807, 2.05) is 0 Å². The van der Waals surface area contributed by atoms with Gasteiger partial charge in [-0.2, -0.15) is 0 Å². The number of hydrogen-bond acceptors (Lipinski definition) is 4. The largest absolute Gasteiger partial charge is 0.537 e. The summed E-state index contributed by atoms with van der Waals surface area (Å²) in [4.78, 5) is 34.5. The van der Waals surface area contributed by atoms with Crippen molar-refractivity contribution in [3.05, 3.63) is 35.4 Å². The van der Waals surface area contributed by atoms with Crippen LogP contribution in [0.3, 0.4) is 0 Å². The summed E-state index contributed by atoms with van der Waals surface area (Å²) in [6.45, 7) is -0.250. The molecule has 0 saturated heterocycles. The number of rotatable bonds is 1. The highest BCUT2D eigenvalue weighted by Gasteiger charge is 2.34. The van der Waals surface area contributed by atoms with Gasteiger partial charge in [0, 0.05) is 0 Å². The minimum Gasteiger partial charge on any atom is -0.537 e. The number of carbonyl (C=O) groups is 3. The average molecular weight is 228 g/mol. The van der Waals surface area contributed by atoms with Crippen LogP contribution in [-0.4, -0.2) is 29.2 Å². The van der Waals surface area contributed by atoms with Crippen molar-refractivity contribution in [1.29, 1.82) is 0 Å². The Labute approximate surface area is 96.7 Å². The Morgan fingerprint density at radius 3 is 2.18 bits per heavy atom. The first kappa shape index (κ1) is 10.9. The number of carboxylic acids is 1. The Morgan fingerprint density at radius 1 is 1.18 bits per heavy atom. The Balaban J connectivity index is 2.26. The van der Waals surface area contributed by atoms with E-state index in [0.29, 0.717) is 11.1 Å². The van der Waals surface area contributed by atoms with Crippen LogP contribution in [0.4, 0.5) is 0 Å². The molecule has 1 aromatic rings. The molecule has 5 nitrogen and oxygen atoms in total. The van der Waals surface area contributed by atoms with Crippen molar-refractivity contribution in [2.75, 3.05) is 6.54 Å². The van der Waals surface area contributed by atoms with Gasteiger partial charge in [0.2, 0.25) is 0 Å². The third-order valence-electron chi connectivity index (χ3n) is 2.31. The van der Waals surface area contributed by atoms with Gasteiger partial charge in [0.1, 0.15) is 5.97 Å². The quantitative estimate of drug-likeness (QED) is 0.458. The topological polar surface area (TPSA) is 77.5 Å². The molecule has 0 bridgehead atoms. The average Bonchev–Trinajstić information content (AvgIpc) is 2.54. The molecule has 84 valence electrons. The van der Waals surface area contributed by atoms with Crippen molar-refractivity contribution in [2.24, 2.45) is 0 Å². The summed E-state index contributed by atoms with van der Waals surface area (Å²) in [7, 11) is 0. The maximum atomic E-state index is 11.8. The van der Waals surface area contributed by atoms with Crippen molar-refractivity contribution in [1.82, 2.24) is 4.90 Å². The van der Waals surface area contributed by atoms with Gasteiger partial charge in [-0.25, -0.2) is 0 Å². The SMILES string of the molecule is O=C([O-])C#CCN1C(=O)c2ccccc2C1=O. The number of fused-ring (bicyclic) bond motifs is 1. The van der Waals surface area contributed by atoms with Gasteiger partial charge in [0.15, 0.2) is 0 Å². The minimum absolute atomic E-state index is 0.250. The molecule has 0 atom stereocenters. The first-order valence-corrected chi connectivity index (χ1v) is 4.76. The van der Waals surface area contributed by atoms with Gasteiger partial charge in [0.05, 0.1) is 17.7 Å². The van der Waals surface area contributed by atoms with Gasteiger partial charge in [-0.05, 0) is 18.1 Å². The number of benzene rings is 1. The second kappa shape index (κ2) is 4.10. The normalized spacial score (nSPS) is 13.1. The molecule has 1 aliphatic heterocycles. The van der Waals surface area contributed by atoms with E-state index < -0.39 is 17.8 Å². The van der Waals surface area contributed by atoms with Crippen molar-refractivity contribution < 1.29 is 19.5 Å². The molecule has 1 aliphatic rings. The standard InChI is InChI=1S/C12H7NO4/c14-10(15)6-3-7-13-11(16)8-4-1-2-5-9(8)12(13)17/h1-2,4-5H,7H2,(H,14,15)/p-1. The van der Waals surface area contributed by atoms with Gasteiger partial charge >= 0.3 is 0 Å². The number of carbonyl (C=O) groups excluding carboxylic acids is 3. The molecule has 0 aromatic heterocycles. The number of hydrogen-bond donors (Lipinski definition) is 0. The van der Waals surface area contributed by atoms with Gasteiger partial charge in [-0.3, -0.25) is 14.5 Å². The molecule has 1 aromatic carbocycles. The Kier molecular flexibility index (Phi) is 2.63. The molecule has 0 aliphatic carbocycles. The fourth-order valence-electron chi connectivity index (χ4n) is 1.57. The molecule has 0 radical (unpaired) electrons. The van der Waals surface area contributed by atoms with Crippen LogP contribution in [0.1, 0.15) is 20.7 Å². The Bertz CT molecular complexity index is 545. The Hall–Kier alpha value is -2.61. The fraction of sp³-hybridized carbons (Fsp3) is 0.0833. The van der Waals surface area contributed by atoms with E-state index >= 15 is 0 Å². The van der Waals surface area contributed by atoms with E-state index in [0.717, 1.165) is 4.90 Å². The van der Waals surface area contributed by atoms with E-state index in [1.54, 1.807) is 30.2 Å². The molecular formula is C12H6NO4-. The molecule has 0 fully saturated rings. The van der Waals surface area contributed by atoms with Crippen molar-refractivity contribution in [3.8, 4) is 11.8 Å². The zero-order valence-corrected chi connectivity index (χ0v) is 8.60. The summed E-state index contributed by atoms with van der Waals surface area (Å²) in [6.07, 6.45) is 0. The maximum Gasteiger partial charge on any atom is 0.262 e. The van der Waals surface area contributed by atoms with Crippen LogP contribution in [0.2, 0.25) is 0 Å². The number of amides is 2. The number of aliphatic carboxylic acids is 1. The maximum absolute atomic E-state index is 11.8. The summed E-state index contributed by atoms with van der Waals surface area (Å²) in [5.74, 6) is 1.48. The summed E-state index contributed by atoms with van der Waals surface area (Å²) >= 11 is 0. The van der Waals surface area contributed by atoms with Crippen LogP contribution in [-0.2, 0) is 4.79 Å². The smallest absolute Gasteiger partial charge is 0.262 e. The third kappa shape index (κ3) is 1.88. The second-order valence-electron chi connectivity index (χ2n) is 3.33. The summed E-state index contributed by atoms with van der Waals surface area (Å²) in [6, 6.07) is 6.39. The highest BCUT2D eigenvalue weighted by molar-refractivity contribution is 6.21. The lowest BCUT2D eigenvalue weighted by Crippen LogP contribution is -2.30. The van der Waals surface area contributed by atoms with Crippen LogP contribution >= 0.6 is 0 Å². The molecule has 2 amide bonds. The first-order valence-electron chi connectivity index (χ1n) is 4.76. The molecule has 0 N–H and O–H groups in total. The number of carboxylic acid groups (broad SMARTS) is 1. The van der Waals surface area contributed by atoms with Crippen molar-refractivity contribution >= 4 is 17.8 Å². The molecule has 5 heteroatoms. The molecule has 0 spiro atoms. The van der Waals surface area contributed by atoms with Crippen LogP contribution in [0.5, 0.6) is 0 Å². The van der Waals surface area contributed by atoms with E-state index in [-0.39, 0.29) is 6.54 Å². The molecule has 1 heterocycles. The van der Waals surface area contributed by atoms with E-state index in [1.165, 1.54) is 0 Å². The van der Waals surface area contributed by atoms with Crippen LogP contribution in [0, 0.1) is 11.8 Å². The first-order chi connectivity index (χ1) is 8.11. The highest BCUT2D eigenvalue weighted by Crippen LogP contribution is 2.21. The van der Waals surface area contributed by atoms with Crippen molar-refractivity contribution in [3.63, 3.8) is 0 Å². The molecule has 17 heavy (non-hydrogen) atoms. The van der Waals surface area contributed by atoms with E-state index in [9.17, 15) is 19.5 Å². The van der Waals surface area contributed by atoms with Gasteiger partial charge in [-0.1, -0.05) is 18.1 Å². The predicted molar refractivity (Wildman–Crippen MR) is 54.6 cm³/mol. The number of imide groups is 1. The molecular weight excluding hydrogens is 222 g/mol. The van der Waals surface area contributed by atoms with Crippen molar-refractivity contribution in [2.45, 2.75) is 0 Å². The zero-order valence-electron chi connectivity index (χ0n) is 8.60. The van der Waals surface area contributed by atoms with Crippen LogP contribution in [0.25, 0.3) is 0 Å². The lowest BCUT2D eigenvalue weighted by atomic mass is 10.1. The lowest BCUT2D eigenvalue weighted by molar-refractivity contribution is -0.295. The summed E-state index contributed by atoms with van der Waals surface area (Å²) < 4.78 is 0. The predicted octanol–water partition coefficient (Wildman–Crippen LogP) is -0.964. The number of nitrogens with zero attached hydrogens (tertiary/aromatic N) is 1. The van der Waals surface area contributed by atoms with E-state index in [4.69, 9.17) is 0 Å². The zero-order chi connectivity index (χ0) is 12.4. The van der Waals surface area contributed by atoms with Crippen LogP contribution < -0.4 is 5.11 Å². The van der Waals surface area contributed by atoms with Gasteiger partial charge in [-0.15, -0.1) is 0 Å². The lowest BCUT2D eigenvalue weighted by Gasteiger charge is -2.08. The van der Waals surface area contributed by atoms with Gasteiger partial charge < -0.3 is 9.90 Å². The van der Waals surface area contributed by atoms with E-state index in [2.05, 4.69) is 5.92 Å². The summed E-state index contributed by atoms with van der Waals surface area (Å²) in [5, 5.41) is 10.1. The van der Waals surface area contributed by atoms with Crippen LogP contribution in [0.15, 0.2) is 24.3 Å². The second-order valence-corrected chi connectivity index (χ2v) is 3.33. The molecule has 0 unspecified atom stereocenters. The third-order valence-corrected chi connectivity index (χ3v) is 2.31. The minimum atomic E-state index is -1.54. The fourth-order valence-corrected chi connectivity index (χ4v) is 1.57. The van der Waals surface area contributed by atoms with Gasteiger partial charge in [0.25, 0.3) is 11.8 Å².